The van der Waals surface area contributed by atoms with E-state index in [1.54, 1.807) is 0 Å². The van der Waals surface area contributed by atoms with Crippen LogP contribution in [0.5, 0.6) is 0 Å². The molecule has 0 saturated heterocycles. The van der Waals surface area contributed by atoms with Crippen LogP contribution in [0, 0.1) is 0 Å². The van der Waals surface area contributed by atoms with Gasteiger partial charge in [0.2, 0.25) is 5.91 Å². The first kappa shape index (κ1) is 30.8. The van der Waals surface area contributed by atoms with Gasteiger partial charge in [0.25, 0.3) is 0 Å². The number of rotatable bonds is 19. The number of hydrogen-bond acceptors (Lipinski definition) is 5. The van der Waals surface area contributed by atoms with Gasteiger partial charge in [-0.15, -0.1) is 5.10 Å². The van der Waals surface area contributed by atoms with E-state index in [4.69, 9.17) is 11.5 Å². The Hall–Kier alpha value is -1.47. The molecule has 1 heterocycles. The van der Waals surface area contributed by atoms with Crippen molar-refractivity contribution in [3.05, 3.63) is 11.9 Å². The van der Waals surface area contributed by atoms with Crippen LogP contribution in [0.25, 0.3) is 0 Å². The average Bonchev–Trinajstić information content (AvgIpc) is 3.25. The van der Waals surface area contributed by atoms with Crippen molar-refractivity contribution < 1.29 is 4.79 Å². The van der Waals surface area contributed by atoms with Crippen LogP contribution >= 0.6 is 0 Å². The Labute approximate surface area is 220 Å². The molecule has 3 unspecified atom stereocenters. The van der Waals surface area contributed by atoms with Crippen LogP contribution in [-0.2, 0) is 17.8 Å². The summed E-state index contributed by atoms with van der Waals surface area (Å²) in [5.41, 5.74) is 13.1. The van der Waals surface area contributed by atoms with Gasteiger partial charge >= 0.3 is 0 Å². The lowest BCUT2D eigenvalue weighted by Crippen LogP contribution is -2.57. The van der Waals surface area contributed by atoms with Crippen molar-refractivity contribution in [2.24, 2.45) is 11.5 Å². The molecule has 2 rings (SSSR count). The predicted molar refractivity (Wildman–Crippen MR) is 150 cm³/mol. The first-order valence-electron chi connectivity index (χ1n) is 15.1. The molecular weight excluding hydrogens is 448 g/mol. The minimum absolute atomic E-state index is 0.0206. The third-order valence-electron chi connectivity index (χ3n) is 7.90. The molecule has 0 spiro atoms. The number of nitrogens with two attached hydrogens (primary N) is 2. The van der Waals surface area contributed by atoms with E-state index in [-0.39, 0.29) is 18.0 Å². The Morgan fingerprint density at radius 3 is 2.22 bits per heavy atom. The Morgan fingerprint density at radius 1 is 1.03 bits per heavy atom. The predicted octanol–water partition coefficient (Wildman–Crippen LogP) is 5.80. The standard InChI is InChI=1S/C29H56N6O/c1-3-4-5-6-7-8-9-10-11-12-13-14-15-16-22-35-24-26(33-34-35)19-20-28(36)32-27-23-25(30)18-17-21-29(27,2)31/h24-25,27H,3-23,30-31H2,1-2H3,(H,32,36). The van der Waals surface area contributed by atoms with E-state index in [9.17, 15) is 4.79 Å². The molecule has 0 radical (unpaired) electrons. The number of hydrogen-bond donors (Lipinski definition) is 3. The van der Waals surface area contributed by atoms with Crippen LogP contribution in [0.2, 0.25) is 0 Å². The number of aryl methyl sites for hydroxylation is 2. The van der Waals surface area contributed by atoms with Crippen LogP contribution in [0.1, 0.15) is 142 Å². The molecule has 0 aromatic carbocycles. The molecular formula is C29H56N6O. The van der Waals surface area contributed by atoms with Crippen molar-refractivity contribution in [3.8, 4) is 0 Å². The molecule has 1 saturated carbocycles. The molecule has 1 aliphatic rings. The van der Waals surface area contributed by atoms with Gasteiger partial charge in [-0.2, -0.15) is 0 Å². The summed E-state index contributed by atoms with van der Waals surface area (Å²) >= 11 is 0. The van der Waals surface area contributed by atoms with Crippen molar-refractivity contribution in [2.75, 3.05) is 0 Å². The minimum Gasteiger partial charge on any atom is -0.351 e. The molecule has 7 nitrogen and oxygen atoms in total. The van der Waals surface area contributed by atoms with Crippen molar-refractivity contribution in [1.82, 2.24) is 20.3 Å². The number of carbonyl (C=O) groups is 1. The van der Waals surface area contributed by atoms with E-state index < -0.39 is 5.54 Å². The Bertz CT molecular complexity index is 704. The molecule has 208 valence electrons. The molecule has 5 N–H and O–H groups in total. The average molecular weight is 505 g/mol. The molecule has 7 heteroatoms. The van der Waals surface area contributed by atoms with E-state index in [1.165, 1.54) is 83.5 Å². The van der Waals surface area contributed by atoms with Gasteiger partial charge in [-0.25, -0.2) is 0 Å². The Morgan fingerprint density at radius 2 is 1.61 bits per heavy atom. The fourth-order valence-electron chi connectivity index (χ4n) is 5.37. The fraction of sp³-hybridized carbons (Fsp3) is 0.897. The van der Waals surface area contributed by atoms with Gasteiger partial charge in [0.05, 0.1) is 5.69 Å². The molecule has 1 fully saturated rings. The summed E-state index contributed by atoms with van der Waals surface area (Å²) < 4.78 is 1.93. The lowest BCUT2D eigenvalue weighted by atomic mass is 9.88. The Balaban J connectivity index is 1.48. The van der Waals surface area contributed by atoms with Crippen molar-refractivity contribution in [1.29, 1.82) is 0 Å². The van der Waals surface area contributed by atoms with Gasteiger partial charge in [-0.05, 0) is 32.6 Å². The number of nitrogens with zero attached hydrogens (tertiary/aromatic N) is 3. The first-order valence-corrected chi connectivity index (χ1v) is 15.1. The van der Waals surface area contributed by atoms with Crippen LogP contribution in [0.15, 0.2) is 6.20 Å². The number of amides is 1. The highest BCUT2D eigenvalue weighted by atomic mass is 16.1. The van der Waals surface area contributed by atoms with E-state index in [0.29, 0.717) is 12.8 Å². The second-order valence-corrected chi connectivity index (χ2v) is 11.6. The van der Waals surface area contributed by atoms with Gasteiger partial charge in [0.15, 0.2) is 0 Å². The summed E-state index contributed by atoms with van der Waals surface area (Å²) in [6.07, 6.45) is 25.7. The maximum atomic E-state index is 12.6. The van der Waals surface area contributed by atoms with Crippen LogP contribution in [0.4, 0.5) is 0 Å². The molecule has 1 aromatic heterocycles. The van der Waals surface area contributed by atoms with Gasteiger partial charge in [0, 0.05) is 43.2 Å². The molecule has 1 amide bonds. The number of unbranched alkanes of at least 4 members (excludes halogenated alkanes) is 13. The molecule has 0 bridgehead atoms. The first-order chi connectivity index (χ1) is 17.4. The molecule has 36 heavy (non-hydrogen) atoms. The van der Waals surface area contributed by atoms with Gasteiger partial charge in [0.1, 0.15) is 0 Å². The zero-order chi connectivity index (χ0) is 26.1. The van der Waals surface area contributed by atoms with Gasteiger partial charge < -0.3 is 16.8 Å². The maximum absolute atomic E-state index is 12.6. The van der Waals surface area contributed by atoms with E-state index in [0.717, 1.165) is 44.3 Å². The quantitative estimate of drug-likeness (QED) is 0.163. The van der Waals surface area contributed by atoms with Crippen molar-refractivity contribution in [3.63, 3.8) is 0 Å². The third kappa shape index (κ3) is 13.2. The molecule has 1 aliphatic carbocycles. The summed E-state index contributed by atoms with van der Waals surface area (Å²) in [5.74, 6) is 0.0206. The zero-order valence-electron chi connectivity index (χ0n) is 23.5. The number of carbonyl (C=O) groups excluding carboxylic acids is 1. The van der Waals surface area contributed by atoms with Crippen molar-refractivity contribution >= 4 is 5.91 Å². The van der Waals surface area contributed by atoms with Crippen LogP contribution in [0.3, 0.4) is 0 Å². The molecule has 0 aliphatic heterocycles. The second-order valence-electron chi connectivity index (χ2n) is 11.6. The Kier molecular flexibility index (Phi) is 15.3. The zero-order valence-corrected chi connectivity index (χ0v) is 23.5. The lowest BCUT2D eigenvalue weighted by molar-refractivity contribution is -0.122. The lowest BCUT2D eigenvalue weighted by Gasteiger charge is -2.33. The monoisotopic (exact) mass is 504 g/mol. The molecule has 3 atom stereocenters. The second kappa shape index (κ2) is 17.9. The maximum Gasteiger partial charge on any atom is 0.220 e. The minimum atomic E-state index is -0.402. The highest BCUT2D eigenvalue weighted by Crippen LogP contribution is 2.24. The summed E-state index contributed by atoms with van der Waals surface area (Å²) in [7, 11) is 0. The third-order valence-corrected chi connectivity index (χ3v) is 7.90. The largest absolute Gasteiger partial charge is 0.351 e. The summed E-state index contributed by atoms with van der Waals surface area (Å²) in [6.45, 7) is 5.21. The van der Waals surface area contributed by atoms with Crippen molar-refractivity contribution in [2.45, 2.75) is 166 Å². The van der Waals surface area contributed by atoms with Crippen LogP contribution in [-0.4, -0.2) is 38.5 Å². The normalized spacial score (nSPS) is 22.4. The van der Waals surface area contributed by atoms with Gasteiger partial charge in [-0.3, -0.25) is 9.48 Å². The highest BCUT2D eigenvalue weighted by Gasteiger charge is 2.34. The van der Waals surface area contributed by atoms with E-state index >= 15 is 0 Å². The van der Waals surface area contributed by atoms with Crippen LogP contribution < -0.4 is 16.8 Å². The molecule has 1 aromatic rings. The van der Waals surface area contributed by atoms with Gasteiger partial charge in [-0.1, -0.05) is 102 Å². The fourth-order valence-corrected chi connectivity index (χ4v) is 5.37. The number of aromatic nitrogens is 3. The SMILES string of the molecule is CCCCCCCCCCCCCCCCn1cc(CCC(=O)NC2CC(N)CCCC2(C)N)nn1. The number of nitrogens with one attached hydrogen (secondary N) is 1. The van der Waals surface area contributed by atoms with E-state index in [2.05, 4.69) is 22.6 Å². The summed E-state index contributed by atoms with van der Waals surface area (Å²) in [4.78, 5) is 12.6. The summed E-state index contributed by atoms with van der Waals surface area (Å²) in [6, 6.07) is 0.0361. The highest BCUT2D eigenvalue weighted by molar-refractivity contribution is 5.76. The van der Waals surface area contributed by atoms with E-state index in [1.807, 2.05) is 17.8 Å². The summed E-state index contributed by atoms with van der Waals surface area (Å²) in [5, 5.41) is 11.7. The smallest absolute Gasteiger partial charge is 0.220 e. The topological polar surface area (TPSA) is 112 Å².